The van der Waals surface area contributed by atoms with E-state index >= 15 is 0 Å². The predicted molar refractivity (Wildman–Crippen MR) is 83.5 cm³/mol. The zero-order chi connectivity index (χ0) is 19.7. The smallest absolute Gasteiger partial charge is 0.429 e. The maximum atomic E-state index is 13.5. The molecule has 0 spiro atoms. The topological polar surface area (TPSA) is 48.4 Å². The van der Waals surface area contributed by atoms with Crippen LogP contribution >= 0.6 is 0 Å². The fourth-order valence-electron chi connectivity index (χ4n) is 2.44. The van der Waals surface area contributed by atoms with Crippen molar-refractivity contribution < 1.29 is 36.2 Å². The van der Waals surface area contributed by atoms with Crippen molar-refractivity contribution in [1.29, 1.82) is 0 Å². The number of carbonyl (C=O) groups is 1. The van der Waals surface area contributed by atoms with Crippen LogP contribution in [-0.4, -0.2) is 11.1 Å². The van der Waals surface area contributed by atoms with E-state index in [2.05, 4.69) is 9.72 Å². The molecule has 0 saturated heterocycles. The number of aromatic nitrogens is 1. The summed E-state index contributed by atoms with van der Waals surface area (Å²) in [6.45, 7) is 1.35. The largest absolute Gasteiger partial charge is 0.514 e. The number of rotatable bonds is 3. The number of aryl methyl sites for hydroxylation is 1. The first-order chi connectivity index (χ1) is 12.8. The molecule has 27 heavy (non-hydrogen) atoms. The van der Waals surface area contributed by atoms with Crippen LogP contribution in [0.25, 0.3) is 10.9 Å². The van der Waals surface area contributed by atoms with E-state index in [1.165, 1.54) is 0 Å². The maximum absolute atomic E-state index is 13.5. The number of ether oxygens (including phenoxy) is 2. The summed E-state index contributed by atoms with van der Waals surface area (Å²) in [7, 11) is 0. The number of para-hydroxylation sites is 1. The minimum atomic E-state index is -2.36. The van der Waals surface area contributed by atoms with Crippen molar-refractivity contribution in [3.63, 3.8) is 0 Å². The van der Waals surface area contributed by atoms with E-state index in [0.29, 0.717) is 22.2 Å². The van der Waals surface area contributed by atoms with Crippen LogP contribution in [0.4, 0.5) is 26.7 Å². The van der Waals surface area contributed by atoms with Gasteiger partial charge in [-0.2, -0.15) is 8.78 Å². The Kier molecular flexibility index (Phi) is 4.93. The molecule has 0 radical (unpaired) electrons. The highest BCUT2D eigenvalue weighted by Gasteiger charge is 2.29. The molecule has 0 aliphatic carbocycles. The standard InChI is InChI=1S/C18H10F5NO3/c1-8-6-9(10-4-2-3-5-11(10)24-8)7-26-18(25)27-17-15(22)13(20)12(19)14(21)16(17)23/h2-6H,7H2,1H3. The zero-order valence-corrected chi connectivity index (χ0v) is 13.7. The summed E-state index contributed by atoms with van der Waals surface area (Å²) >= 11 is 0. The lowest BCUT2D eigenvalue weighted by Crippen LogP contribution is -2.15. The summed E-state index contributed by atoms with van der Waals surface area (Å²) in [5.41, 5.74) is 1.78. The number of hydrogen-bond donors (Lipinski definition) is 0. The van der Waals surface area contributed by atoms with Gasteiger partial charge in [0.25, 0.3) is 0 Å². The van der Waals surface area contributed by atoms with Crippen LogP contribution < -0.4 is 4.74 Å². The minimum absolute atomic E-state index is 0.363. The number of pyridine rings is 1. The summed E-state index contributed by atoms with van der Waals surface area (Å²) in [5, 5.41) is 0.659. The molecule has 3 aromatic rings. The highest BCUT2D eigenvalue weighted by atomic mass is 19.2. The maximum Gasteiger partial charge on any atom is 0.514 e. The molecular formula is C18H10F5NO3. The second-order valence-electron chi connectivity index (χ2n) is 5.48. The Hall–Kier alpha value is -3.23. The van der Waals surface area contributed by atoms with E-state index in [9.17, 15) is 26.7 Å². The average Bonchev–Trinajstić information content (AvgIpc) is 2.66. The number of benzene rings is 2. The molecule has 0 bridgehead atoms. The minimum Gasteiger partial charge on any atom is -0.429 e. The van der Waals surface area contributed by atoms with E-state index in [1.807, 2.05) is 0 Å². The van der Waals surface area contributed by atoms with Crippen molar-refractivity contribution >= 4 is 17.1 Å². The third-order valence-corrected chi connectivity index (χ3v) is 3.63. The fraction of sp³-hybridized carbons (Fsp3) is 0.111. The first kappa shape index (κ1) is 18.6. The van der Waals surface area contributed by atoms with Crippen molar-refractivity contribution in [2.45, 2.75) is 13.5 Å². The average molecular weight is 383 g/mol. The third-order valence-electron chi connectivity index (χ3n) is 3.63. The molecule has 1 aromatic heterocycles. The molecule has 140 valence electrons. The molecule has 0 saturated carbocycles. The lowest BCUT2D eigenvalue weighted by Gasteiger charge is -2.11. The number of fused-ring (bicyclic) bond motifs is 1. The summed E-state index contributed by atoms with van der Waals surface area (Å²) in [6.07, 6.45) is -1.63. The van der Waals surface area contributed by atoms with Gasteiger partial charge in [-0.3, -0.25) is 4.98 Å². The Morgan fingerprint density at radius 3 is 2.22 bits per heavy atom. The molecule has 0 fully saturated rings. The molecule has 3 rings (SSSR count). The molecule has 0 N–H and O–H groups in total. The van der Waals surface area contributed by atoms with Crippen LogP contribution in [0.1, 0.15) is 11.3 Å². The number of nitrogens with zero attached hydrogens (tertiary/aromatic N) is 1. The lowest BCUT2D eigenvalue weighted by molar-refractivity contribution is 0.0891. The highest BCUT2D eigenvalue weighted by molar-refractivity contribution is 5.82. The quantitative estimate of drug-likeness (QED) is 0.211. The molecule has 0 unspecified atom stereocenters. The van der Waals surface area contributed by atoms with Gasteiger partial charge in [-0.15, -0.1) is 0 Å². The molecule has 1 heterocycles. The van der Waals surface area contributed by atoms with Crippen LogP contribution in [0.3, 0.4) is 0 Å². The summed E-state index contributed by atoms with van der Waals surface area (Å²) < 4.78 is 75.2. The lowest BCUT2D eigenvalue weighted by atomic mass is 10.1. The van der Waals surface area contributed by atoms with Gasteiger partial charge in [-0.1, -0.05) is 18.2 Å². The van der Waals surface area contributed by atoms with Gasteiger partial charge in [0.15, 0.2) is 0 Å². The van der Waals surface area contributed by atoms with Crippen molar-refractivity contribution in [1.82, 2.24) is 4.98 Å². The van der Waals surface area contributed by atoms with E-state index < -0.39 is 41.0 Å². The Labute approximate surface area is 149 Å². The fourth-order valence-corrected chi connectivity index (χ4v) is 2.44. The Morgan fingerprint density at radius 1 is 0.963 bits per heavy atom. The van der Waals surface area contributed by atoms with Crippen LogP contribution in [0.5, 0.6) is 5.75 Å². The zero-order valence-electron chi connectivity index (χ0n) is 13.7. The molecule has 2 aromatic carbocycles. The van der Waals surface area contributed by atoms with Crippen molar-refractivity contribution in [3.8, 4) is 5.75 Å². The third kappa shape index (κ3) is 3.53. The number of carbonyl (C=O) groups excluding carboxylic acids is 1. The first-order valence-corrected chi connectivity index (χ1v) is 7.51. The molecule has 4 nitrogen and oxygen atoms in total. The Balaban J connectivity index is 1.81. The van der Waals surface area contributed by atoms with Crippen molar-refractivity contribution in [2.24, 2.45) is 0 Å². The Bertz CT molecular complexity index is 1030. The van der Waals surface area contributed by atoms with Gasteiger partial charge in [0.05, 0.1) is 5.52 Å². The molecule has 0 amide bonds. The van der Waals surface area contributed by atoms with Crippen LogP contribution in [0.2, 0.25) is 0 Å². The van der Waals surface area contributed by atoms with Crippen molar-refractivity contribution in [3.05, 3.63) is 70.7 Å². The van der Waals surface area contributed by atoms with E-state index in [-0.39, 0.29) is 6.61 Å². The second kappa shape index (κ2) is 7.18. The van der Waals surface area contributed by atoms with Gasteiger partial charge < -0.3 is 9.47 Å². The normalized spacial score (nSPS) is 10.9. The summed E-state index contributed by atoms with van der Waals surface area (Å²) in [4.78, 5) is 16.0. The highest BCUT2D eigenvalue weighted by Crippen LogP contribution is 2.29. The number of hydrogen-bond acceptors (Lipinski definition) is 4. The van der Waals surface area contributed by atoms with Gasteiger partial charge in [0, 0.05) is 16.6 Å². The molecule has 0 aliphatic heterocycles. The van der Waals surface area contributed by atoms with E-state index in [0.717, 1.165) is 0 Å². The van der Waals surface area contributed by atoms with Gasteiger partial charge in [0.2, 0.25) is 34.8 Å². The molecular weight excluding hydrogens is 373 g/mol. The monoisotopic (exact) mass is 383 g/mol. The van der Waals surface area contributed by atoms with E-state index in [1.54, 1.807) is 37.3 Å². The SMILES string of the molecule is Cc1cc(COC(=O)Oc2c(F)c(F)c(F)c(F)c2F)c2ccccc2n1. The molecule has 0 aliphatic rings. The van der Waals surface area contributed by atoms with Crippen LogP contribution in [0.15, 0.2) is 30.3 Å². The van der Waals surface area contributed by atoms with Crippen LogP contribution in [0, 0.1) is 36.0 Å². The summed E-state index contributed by atoms with van der Waals surface area (Å²) in [6, 6.07) is 8.57. The van der Waals surface area contributed by atoms with Gasteiger partial charge in [-0.05, 0) is 19.1 Å². The van der Waals surface area contributed by atoms with Crippen molar-refractivity contribution in [2.75, 3.05) is 0 Å². The Morgan fingerprint density at radius 2 is 1.56 bits per heavy atom. The summed E-state index contributed by atoms with van der Waals surface area (Å²) in [5.74, 6) is -13.1. The van der Waals surface area contributed by atoms with Gasteiger partial charge in [-0.25, -0.2) is 18.0 Å². The number of halogens is 5. The second-order valence-corrected chi connectivity index (χ2v) is 5.48. The van der Waals surface area contributed by atoms with Gasteiger partial charge in [0.1, 0.15) is 6.61 Å². The molecule has 9 heteroatoms. The van der Waals surface area contributed by atoms with Crippen LogP contribution in [-0.2, 0) is 11.3 Å². The molecule has 0 atom stereocenters. The first-order valence-electron chi connectivity index (χ1n) is 7.51. The van der Waals surface area contributed by atoms with E-state index in [4.69, 9.17) is 4.74 Å². The van der Waals surface area contributed by atoms with Gasteiger partial charge >= 0.3 is 6.16 Å². The predicted octanol–water partition coefficient (Wildman–Crippen LogP) is 4.95.